The number of ether oxygens (including phenoxy) is 1. The molecular formula is C16H13ClO3. The van der Waals surface area contributed by atoms with E-state index in [2.05, 4.69) is 0 Å². The van der Waals surface area contributed by atoms with Crippen LogP contribution in [0, 0.1) is 0 Å². The molecular weight excluding hydrogens is 276 g/mol. The van der Waals surface area contributed by atoms with Crippen LogP contribution >= 0.6 is 11.6 Å². The van der Waals surface area contributed by atoms with Crippen LogP contribution in [0.4, 0.5) is 0 Å². The molecule has 0 saturated heterocycles. The highest BCUT2D eigenvalue weighted by atomic mass is 35.5. The minimum atomic E-state index is -0.287. The van der Waals surface area contributed by atoms with E-state index in [1.165, 1.54) is 12.1 Å². The second-order valence-electron chi connectivity index (χ2n) is 4.10. The fourth-order valence-electron chi connectivity index (χ4n) is 1.77. The van der Waals surface area contributed by atoms with Crippen molar-refractivity contribution in [3.05, 3.63) is 64.7 Å². The Morgan fingerprint density at radius 3 is 2.70 bits per heavy atom. The molecule has 2 rings (SSSR count). The summed E-state index contributed by atoms with van der Waals surface area (Å²) in [5.41, 5.74) is 0.952. The number of rotatable bonds is 4. The number of carbonyl (C=O) groups excluding carboxylic acids is 1. The topological polar surface area (TPSA) is 46.5 Å². The number of ketones is 1. The van der Waals surface area contributed by atoms with Crippen LogP contribution in [0.15, 0.2) is 48.5 Å². The first kappa shape index (κ1) is 14.2. The number of hydrogen-bond acceptors (Lipinski definition) is 3. The average Bonchev–Trinajstić information content (AvgIpc) is 2.45. The standard InChI is InChI=1S/C16H13ClO3/c1-20-16-9-7-12(17)10-11(16)6-8-15(19)13-4-2-3-5-14(13)18/h2-10,18H,1H3. The SMILES string of the molecule is COc1ccc(Cl)cc1C=CC(=O)c1ccccc1O. The van der Waals surface area contributed by atoms with E-state index in [-0.39, 0.29) is 17.1 Å². The summed E-state index contributed by atoms with van der Waals surface area (Å²) < 4.78 is 5.19. The zero-order valence-electron chi connectivity index (χ0n) is 10.8. The molecule has 0 bridgehead atoms. The quantitative estimate of drug-likeness (QED) is 0.684. The third-order valence-corrected chi connectivity index (χ3v) is 3.01. The zero-order valence-corrected chi connectivity index (χ0v) is 11.6. The monoisotopic (exact) mass is 288 g/mol. The lowest BCUT2D eigenvalue weighted by molar-refractivity contribution is 0.104. The normalized spacial score (nSPS) is 10.7. The van der Waals surface area contributed by atoms with Gasteiger partial charge in [-0.3, -0.25) is 4.79 Å². The van der Waals surface area contributed by atoms with Gasteiger partial charge in [0.2, 0.25) is 0 Å². The van der Waals surface area contributed by atoms with Gasteiger partial charge in [-0.1, -0.05) is 23.7 Å². The summed E-state index contributed by atoms with van der Waals surface area (Å²) in [5.74, 6) is 0.293. The molecule has 0 amide bonds. The van der Waals surface area contributed by atoms with Crippen molar-refractivity contribution >= 4 is 23.5 Å². The van der Waals surface area contributed by atoms with Crippen LogP contribution in [0.1, 0.15) is 15.9 Å². The van der Waals surface area contributed by atoms with Gasteiger partial charge in [0.15, 0.2) is 5.78 Å². The predicted molar refractivity (Wildman–Crippen MR) is 79.5 cm³/mol. The van der Waals surface area contributed by atoms with Gasteiger partial charge in [0.1, 0.15) is 11.5 Å². The first-order valence-corrected chi connectivity index (χ1v) is 6.33. The fraction of sp³-hybridized carbons (Fsp3) is 0.0625. The highest BCUT2D eigenvalue weighted by Crippen LogP contribution is 2.24. The minimum absolute atomic E-state index is 0.0415. The molecule has 0 spiro atoms. The maximum Gasteiger partial charge on any atom is 0.189 e. The van der Waals surface area contributed by atoms with E-state index in [1.807, 2.05) is 0 Å². The molecule has 2 aromatic rings. The number of carbonyl (C=O) groups is 1. The van der Waals surface area contributed by atoms with Crippen molar-refractivity contribution in [1.82, 2.24) is 0 Å². The van der Waals surface area contributed by atoms with E-state index in [4.69, 9.17) is 16.3 Å². The van der Waals surface area contributed by atoms with Gasteiger partial charge in [-0.25, -0.2) is 0 Å². The molecule has 102 valence electrons. The Hall–Kier alpha value is -2.26. The first-order valence-electron chi connectivity index (χ1n) is 5.96. The molecule has 0 atom stereocenters. The molecule has 0 fully saturated rings. The van der Waals surface area contributed by atoms with Crippen LogP contribution in [0.3, 0.4) is 0 Å². The highest BCUT2D eigenvalue weighted by molar-refractivity contribution is 6.30. The van der Waals surface area contributed by atoms with Crippen molar-refractivity contribution in [3.63, 3.8) is 0 Å². The summed E-state index contributed by atoms with van der Waals surface area (Å²) in [7, 11) is 1.55. The predicted octanol–water partition coefficient (Wildman–Crippen LogP) is 3.95. The summed E-state index contributed by atoms with van der Waals surface area (Å²) in [6, 6.07) is 11.5. The summed E-state index contributed by atoms with van der Waals surface area (Å²) in [6.45, 7) is 0. The number of phenols is 1. The van der Waals surface area contributed by atoms with Gasteiger partial charge in [-0.05, 0) is 42.5 Å². The zero-order chi connectivity index (χ0) is 14.5. The molecule has 0 unspecified atom stereocenters. The molecule has 0 aromatic heterocycles. The number of allylic oxidation sites excluding steroid dienone is 1. The third-order valence-electron chi connectivity index (χ3n) is 2.78. The average molecular weight is 289 g/mol. The van der Waals surface area contributed by atoms with Gasteiger partial charge >= 0.3 is 0 Å². The fourth-order valence-corrected chi connectivity index (χ4v) is 1.95. The summed E-state index contributed by atoms with van der Waals surface area (Å²) in [4.78, 5) is 12.0. The number of benzene rings is 2. The Morgan fingerprint density at radius 1 is 1.25 bits per heavy atom. The van der Waals surface area contributed by atoms with E-state index in [0.29, 0.717) is 16.3 Å². The maximum atomic E-state index is 12.0. The van der Waals surface area contributed by atoms with Gasteiger partial charge in [-0.15, -0.1) is 0 Å². The molecule has 1 N–H and O–H groups in total. The molecule has 2 aromatic carbocycles. The Kier molecular flexibility index (Phi) is 4.43. The molecule has 3 nitrogen and oxygen atoms in total. The Balaban J connectivity index is 2.28. The number of halogens is 1. The lowest BCUT2D eigenvalue weighted by Gasteiger charge is -2.05. The van der Waals surface area contributed by atoms with Crippen molar-refractivity contribution in [1.29, 1.82) is 0 Å². The van der Waals surface area contributed by atoms with Crippen molar-refractivity contribution in [2.75, 3.05) is 7.11 Å². The molecule has 0 aliphatic heterocycles. The van der Waals surface area contributed by atoms with Crippen LogP contribution in [0.2, 0.25) is 5.02 Å². The van der Waals surface area contributed by atoms with Crippen molar-refractivity contribution < 1.29 is 14.6 Å². The summed E-state index contributed by atoms with van der Waals surface area (Å²) >= 11 is 5.92. The van der Waals surface area contributed by atoms with E-state index in [1.54, 1.807) is 49.6 Å². The largest absolute Gasteiger partial charge is 0.507 e. The van der Waals surface area contributed by atoms with Gasteiger partial charge in [0, 0.05) is 10.6 Å². The highest BCUT2D eigenvalue weighted by Gasteiger charge is 2.07. The molecule has 4 heteroatoms. The van der Waals surface area contributed by atoms with Gasteiger partial charge in [0.05, 0.1) is 12.7 Å². The van der Waals surface area contributed by atoms with E-state index in [9.17, 15) is 9.90 Å². The van der Waals surface area contributed by atoms with Crippen LogP contribution in [-0.4, -0.2) is 18.0 Å². The van der Waals surface area contributed by atoms with Crippen LogP contribution < -0.4 is 4.74 Å². The second kappa shape index (κ2) is 6.26. The maximum absolute atomic E-state index is 12.0. The summed E-state index contributed by atoms with van der Waals surface area (Å²) in [6.07, 6.45) is 2.99. The first-order chi connectivity index (χ1) is 9.61. The lowest BCUT2D eigenvalue weighted by Crippen LogP contribution is -1.94. The minimum Gasteiger partial charge on any atom is -0.507 e. The summed E-state index contributed by atoms with van der Waals surface area (Å²) in [5, 5.41) is 10.2. The second-order valence-corrected chi connectivity index (χ2v) is 4.54. The van der Waals surface area contributed by atoms with Crippen LogP contribution in [-0.2, 0) is 0 Å². The molecule has 0 aliphatic rings. The molecule has 0 saturated carbocycles. The van der Waals surface area contributed by atoms with Crippen molar-refractivity contribution in [3.8, 4) is 11.5 Å². The van der Waals surface area contributed by atoms with Gasteiger partial charge < -0.3 is 9.84 Å². The smallest absolute Gasteiger partial charge is 0.189 e. The Morgan fingerprint density at radius 2 is 2.00 bits per heavy atom. The van der Waals surface area contributed by atoms with Crippen molar-refractivity contribution in [2.45, 2.75) is 0 Å². The number of aromatic hydroxyl groups is 1. The Labute approximate surface area is 122 Å². The molecule has 0 aliphatic carbocycles. The van der Waals surface area contributed by atoms with Gasteiger partial charge in [0.25, 0.3) is 0 Å². The molecule has 0 heterocycles. The van der Waals surface area contributed by atoms with Gasteiger partial charge in [-0.2, -0.15) is 0 Å². The number of hydrogen-bond donors (Lipinski definition) is 1. The number of phenolic OH excluding ortho intramolecular Hbond substituents is 1. The third kappa shape index (κ3) is 3.19. The van der Waals surface area contributed by atoms with E-state index in [0.717, 1.165) is 0 Å². The van der Waals surface area contributed by atoms with Crippen LogP contribution in [0.5, 0.6) is 11.5 Å². The molecule has 0 radical (unpaired) electrons. The lowest BCUT2D eigenvalue weighted by atomic mass is 10.1. The van der Waals surface area contributed by atoms with Crippen LogP contribution in [0.25, 0.3) is 6.08 Å². The molecule has 20 heavy (non-hydrogen) atoms. The number of methoxy groups -OCH3 is 1. The Bertz CT molecular complexity index is 663. The number of para-hydroxylation sites is 1. The van der Waals surface area contributed by atoms with E-state index < -0.39 is 0 Å². The van der Waals surface area contributed by atoms with E-state index >= 15 is 0 Å². The van der Waals surface area contributed by atoms with Crippen molar-refractivity contribution in [2.24, 2.45) is 0 Å².